The monoisotopic (exact) mass is 1030 g/mol. The SMILES string of the molecule is C[Si](C)(C)CCOCn1ccc2c(N3CC[C@@H](C(=O)O)C4(CC4)C3)ncnc21.N[C@H](CO)C(=O)OCC1(CO)CC1.O=C(OCC1(CO)CC1)[C@@H](CO)NC(=O)[C@@H]1CCN(c2ncnc3[nH]ccc23)CC12CC2. The number of aliphatic carboxylic acids is 1. The second-order valence-electron chi connectivity index (χ2n) is 22.7. The number of aliphatic hydroxyl groups is 4. The van der Waals surface area contributed by atoms with Crippen LogP contribution in [0.25, 0.3) is 22.1 Å². The van der Waals surface area contributed by atoms with Gasteiger partial charge in [0, 0.05) is 75.4 Å². The van der Waals surface area contributed by atoms with E-state index in [9.17, 15) is 34.5 Å². The van der Waals surface area contributed by atoms with Gasteiger partial charge >= 0.3 is 17.9 Å². The molecule has 10 rings (SSSR count). The number of H-pyrrole nitrogens is 1. The number of carbonyl (C=O) groups is 4. The number of fused-ring (bicyclic) bond motifs is 2. The molecule has 23 heteroatoms. The van der Waals surface area contributed by atoms with Crippen molar-refractivity contribution in [3.05, 3.63) is 37.2 Å². The van der Waals surface area contributed by atoms with E-state index >= 15 is 0 Å². The smallest absolute Gasteiger partial charge is 0.331 e. The fraction of sp³-hybridized carbons (Fsp3) is 0.680. The highest BCUT2D eigenvalue weighted by atomic mass is 28.3. The maximum absolute atomic E-state index is 13.1. The zero-order valence-corrected chi connectivity index (χ0v) is 43.3. The van der Waals surface area contributed by atoms with E-state index in [1.165, 1.54) is 0 Å². The van der Waals surface area contributed by atoms with Crippen molar-refractivity contribution in [1.82, 2.24) is 34.8 Å². The van der Waals surface area contributed by atoms with E-state index in [4.69, 9.17) is 30.2 Å². The van der Waals surface area contributed by atoms with Crippen LogP contribution in [0.3, 0.4) is 0 Å². The van der Waals surface area contributed by atoms with Gasteiger partial charge in [0.15, 0.2) is 6.04 Å². The summed E-state index contributed by atoms with van der Waals surface area (Å²) in [4.78, 5) is 73.4. The lowest BCUT2D eigenvalue weighted by Crippen LogP contribution is -2.52. The van der Waals surface area contributed by atoms with E-state index in [2.05, 4.69) is 65.7 Å². The summed E-state index contributed by atoms with van der Waals surface area (Å²) in [6.07, 6.45) is 15.6. The van der Waals surface area contributed by atoms with Gasteiger partial charge in [-0.3, -0.25) is 14.4 Å². The largest absolute Gasteiger partial charge is 0.481 e. The number of amides is 1. The lowest BCUT2D eigenvalue weighted by atomic mass is 9.81. The number of aromatic nitrogens is 6. The van der Waals surface area contributed by atoms with Crippen LogP contribution in [0.5, 0.6) is 0 Å². The number of esters is 2. The summed E-state index contributed by atoms with van der Waals surface area (Å²) in [6.45, 7) is 10.6. The number of aromatic amines is 1. The molecule has 4 saturated carbocycles. The van der Waals surface area contributed by atoms with Crippen molar-refractivity contribution >= 4 is 65.6 Å². The summed E-state index contributed by atoms with van der Waals surface area (Å²) in [6, 6.07) is 3.10. The quantitative estimate of drug-likeness (QED) is 0.0358. The maximum Gasteiger partial charge on any atom is 0.331 e. The highest BCUT2D eigenvalue weighted by Crippen LogP contribution is 2.57. The predicted molar refractivity (Wildman–Crippen MR) is 271 cm³/mol. The number of aliphatic hydroxyl groups excluding tert-OH is 4. The number of piperidine rings is 2. The third kappa shape index (κ3) is 12.8. The number of hydrogen-bond acceptors (Lipinski definition) is 18. The van der Waals surface area contributed by atoms with Crippen LogP contribution in [-0.4, -0.2) is 171 Å². The Kier molecular flexibility index (Phi) is 16.5. The molecular weight excluding hydrogens is 961 g/mol. The maximum atomic E-state index is 13.1. The molecule has 6 fully saturated rings. The molecule has 0 unspecified atom stereocenters. The number of carboxylic acid groups (broad SMARTS) is 1. The fourth-order valence-electron chi connectivity index (χ4n) is 10.0. The molecule has 1 amide bonds. The Hall–Kier alpha value is -5.30. The molecule has 4 aromatic heterocycles. The van der Waals surface area contributed by atoms with Gasteiger partial charge in [-0.25, -0.2) is 24.7 Å². The van der Waals surface area contributed by atoms with Gasteiger partial charge in [0.05, 0.1) is 56.3 Å². The van der Waals surface area contributed by atoms with Gasteiger partial charge in [-0.15, -0.1) is 0 Å². The summed E-state index contributed by atoms with van der Waals surface area (Å²) in [5.41, 5.74) is 6.12. The number of carboxylic acids is 1. The summed E-state index contributed by atoms with van der Waals surface area (Å²) < 4.78 is 18.0. The Bertz CT molecular complexity index is 2570. The van der Waals surface area contributed by atoms with E-state index in [0.29, 0.717) is 26.1 Å². The first-order chi connectivity index (χ1) is 34.9. The van der Waals surface area contributed by atoms with Gasteiger partial charge in [0.1, 0.15) is 48.4 Å². The molecule has 73 heavy (non-hydrogen) atoms. The first kappa shape index (κ1) is 54.0. The molecule has 400 valence electrons. The third-order valence-corrected chi connectivity index (χ3v) is 17.6. The normalized spacial score (nSPS) is 22.3. The van der Waals surface area contributed by atoms with Crippen LogP contribution in [0, 0.1) is 33.5 Å². The molecular formula is C50H74N10O12Si. The average Bonchev–Trinajstić information content (AvgIpc) is 4.32. The van der Waals surface area contributed by atoms with E-state index in [-0.39, 0.29) is 65.8 Å². The lowest BCUT2D eigenvalue weighted by Gasteiger charge is -2.39. The van der Waals surface area contributed by atoms with E-state index < -0.39 is 51.3 Å². The van der Waals surface area contributed by atoms with Crippen LogP contribution in [0.4, 0.5) is 11.6 Å². The molecule has 9 N–H and O–H groups in total. The number of rotatable bonds is 20. The standard InChI is InChI=1S/C22H29N5O5.C20H30N4O3Si.C8H15NO4/c28-9-16(20(31)32-12-21(11-29)3-4-21)26-19(30)15-2-8-27(10-22(15)5-6-22)18-14-1-7-23-17(14)24-13-25-18;1-28(2,3)11-10-27-14-24-8-4-15-17(21-13-22-18(15)24)23-9-5-16(19(25)26)20(12-23)6-7-20;9-6(3-10)7(12)13-5-8(4-11)1-2-8/h1,7,13,15-16,28-29H,2-6,8-12H2,(H,26,30)(H,23,24,25);4,8,13,16H,5-7,9-12,14H2,1-3H3,(H,25,26);6,10-11H,1-5,9H2/t15-,16+;16-;6-/m001/s1. The lowest BCUT2D eigenvalue weighted by molar-refractivity contribution is -0.152. The number of nitrogens with two attached hydrogens (primary N) is 1. The Morgan fingerprint density at radius 2 is 1.36 bits per heavy atom. The van der Waals surface area contributed by atoms with Crippen LogP contribution in [0.15, 0.2) is 37.2 Å². The Morgan fingerprint density at radius 3 is 1.90 bits per heavy atom. The van der Waals surface area contributed by atoms with Crippen LogP contribution >= 0.6 is 0 Å². The summed E-state index contributed by atoms with van der Waals surface area (Å²) in [7, 11) is -1.09. The van der Waals surface area contributed by atoms with Crippen LogP contribution in [0.2, 0.25) is 25.7 Å². The summed E-state index contributed by atoms with van der Waals surface area (Å²) >= 11 is 0. The number of nitrogens with one attached hydrogen (secondary N) is 2. The molecule has 2 saturated heterocycles. The molecule has 0 radical (unpaired) electrons. The molecule has 6 heterocycles. The molecule has 0 aromatic carbocycles. The van der Waals surface area contributed by atoms with Gasteiger partial charge < -0.3 is 70.1 Å². The molecule has 0 bridgehead atoms. The number of anilines is 2. The zero-order chi connectivity index (χ0) is 52.2. The second kappa shape index (κ2) is 22.3. The van der Waals surface area contributed by atoms with Gasteiger partial charge in [-0.05, 0) is 87.8 Å². The minimum absolute atomic E-state index is 0.0288. The summed E-state index contributed by atoms with van der Waals surface area (Å²) in [5.74, 6) is -0.776. The van der Waals surface area contributed by atoms with Crippen molar-refractivity contribution in [3.8, 4) is 0 Å². The second-order valence-corrected chi connectivity index (χ2v) is 28.3. The highest BCUT2D eigenvalue weighted by Gasteiger charge is 2.57. The number of nitrogens with zero attached hydrogens (tertiary/aromatic N) is 7. The molecule has 2 aliphatic heterocycles. The van der Waals surface area contributed by atoms with Crippen LogP contribution in [-0.2, 0) is 40.1 Å². The van der Waals surface area contributed by atoms with Crippen molar-refractivity contribution in [2.24, 2.45) is 39.2 Å². The van der Waals surface area contributed by atoms with E-state index in [1.807, 2.05) is 23.0 Å². The fourth-order valence-corrected chi connectivity index (χ4v) is 10.8. The third-order valence-electron chi connectivity index (χ3n) is 15.9. The van der Waals surface area contributed by atoms with Gasteiger partial charge in [-0.1, -0.05) is 19.6 Å². The Labute approximate surface area is 425 Å². The first-order valence-electron chi connectivity index (χ1n) is 25.6. The minimum Gasteiger partial charge on any atom is -0.481 e. The number of carbonyl (C=O) groups excluding carboxylic acids is 3. The van der Waals surface area contributed by atoms with E-state index in [0.717, 1.165) is 117 Å². The van der Waals surface area contributed by atoms with Crippen molar-refractivity contribution < 1.29 is 58.9 Å². The van der Waals surface area contributed by atoms with Gasteiger partial charge in [0.25, 0.3) is 0 Å². The predicted octanol–water partition coefficient (Wildman–Crippen LogP) is 2.41. The number of ether oxygens (including phenoxy) is 3. The van der Waals surface area contributed by atoms with Crippen molar-refractivity contribution in [1.29, 1.82) is 0 Å². The topological polar surface area (TPSA) is 314 Å². The van der Waals surface area contributed by atoms with Gasteiger partial charge in [-0.2, -0.15) is 0 Å². The van der Waals surface area contributed by atoms with Crippen LogP contribution < -0.4 is 20.9 Å². The van der Waals surface area contributed by atoms with Crippen molar-refractivity contribution in [2.45, 2.75) is 109 Å². The highest BCUT2D eigenvalue weighted by molar-refractivity contribution is 6.76. The molecule has 4 aliphatic carbocycles. The van der Waals surface area contributed by atoms with Gasteiger partial charge in [0.2, 0.25) is 5.91 Å². The summed E-state index contributed by atoms with van der Waals surface area (Å²) in [5, 5.41) is 50.7. The molecule has 2 spiro atoms. The van der Waals surface area contributed by atoms with Crippen LogP contribution in [0.1, 0.15) is 64.2 Å². The molecule has 22 nitrogen and oxygen atoms in total. The molecule has 6 aliphatic rings. The molecule has 4 atom stereocenters. The van der Waals surface area contributed by atoms with E-state index in [1.54, 1.807) is 12.7 Å². The van der Waals surface area contributed by atoms with Crippen molar-refractivity contribution in [3.63, 3.8) is 0 Å². The molecule has 4 aromatic rings. The van der Waals surface area contributed by atoms with Crippen molar-refractivity contribution in [2.75, 3.05) is 82.2 Å². The minimum atomic E-state index is -1.09. The first-order valence-corrected chi connectivity index (χ1v) is 29.3. The average molecular weight is 1040 g/mol. The zero-order valence-electron chi connectivity index (χ0n) is 42.3. The Morgan fingerprint density at radius 1 is 0.781 bits per heavy atom. The Balaban J connectivity index is 0.000000159. The number of hydrogen-bond donors (Lipinski definition) is 8.